The van der Waals surface area contributed by atoms with Crippen LogP contribution in [-0.4, -0.2) is 22.8 Å². The van der Waals surface area contributed by atoms with Crippen LogP contribution in [-0.2, 0) is 0 Å². The van der Waals surface area contributed by atoms with Gasteiger partial charge in [-0.05, 0) is 36.8 Å². The van der Waals surface area contributed by atoms with Crippen LogP contribution in [0.25, 0.3) is 0 Å². The van der Waals surface area contributed by atoms with E-state index in [9.17, 15) is 9.59 Å². The van der Waals surface area contributed by atoms with Crippen molar-refractivity contribution >= 4 is 17.5 Å². The first-order chi connectivity index (χ1) is 9.56. The highest BCUT2D eigenvalue weighted by Gasteiger charge is 2.46. The predicted octanol–water partition coefficient (Wildman–Crippen LogP) is 2.69. The highest BCUT2D eigenvalue weighted by Crippen LogP contribution is 2.40. The standard InChI is InChI=1S/C16H20N2O2/c1-3-10-7-8-13(9(10)2)18-15(19)11-5-4-6-12(17)14(11)16(18)20/h4-6,9-10,13H,3,7-8,17H2,1-2H3. The van der Waals surface area contributed by atoms with Gasteiger partial charge in [0.15, 0.2) is 0 Å². The van der Waals surface area contributed by atoms with Gasteiger partial charge in [-0.25, -0.2) is 0 Å². The van der Waals surface area contributed by atoms with Gasteiger partial charge in [0.1, 0.15) is 0 Å². The predicted molar refractivity (Wildman–Crippen MR) is 77.3 cm³/mol. The second-order valence-electron chi connectivity index (χ2n) is 5.92. The van der Waals surface area contributed by atoms with Crippen molar-refractivity contribution in [1.82, 2.24) is 4.90 Å². The number of hydrogen-bond donors (Lipinski definition) is 1. The molecule has 1 aromatic carbocycles. The summed E-state index contributed by atoms with van der Waals surface area (Å²) < 4.78 is 0. The van der Waals surface area contributed by atoms with Crippen LogP contribution < -0.4 is 5.73 Å². The Morgan fingerprint density at radius 1 is 1.25 bits per heavy atom. The van der Waals surface area contributed by atoms with Gasteiger partial charge in [-0.1, -0.05) is 26.3 Å². The minimum Gasteiger partial charge on any atom is -0.398 e. The topological polar surface area (TPSA) is 63.4 Å². The highest BCUT2D eigenvalue weighted by atomic mass is 16.2. The number of hydrogen-bond acceptors (Lipinski definition) is 3. The average Bonchev–Trinajstić information content (AvgIpc) is 2.90. The number of nitrogen functional groups attached to an aromatic ring is 1. The lowest BCUT2D eigenvalue weighted by Gasteiger charge is -2.27. The molecule has 0 aromatic heterocycles. The molecular formula is C16H20N2O2. The van der Waals surface area contributed by atoms with E-state index in [1.807, 2.05) is 0 Å². The van der Waals surface area contributed by atoms with E-state index in [0.717, 1.165) is 19.3 Å². The van der Waals surface area contributed by atoms with Crippen molar-refractivity contribution in [2.75, 3.05) is 5.73 Å². The molecule has 3 rings (SSSR count). The maximum absolute atomic E-state index is 12.6. The normalized spacial score (nSPS) is 29.1. The van der Waals surface area contributed by atoms with Crippen LogP contribution in [0.15, 0.2) is 18.2 Å². The maximum atomic E-state index is 12.6. The molecule has 2 amide bonds. The van der Waals surface area contributed by atoms with Crippen molar-refractivity contribution in [2.45, 2.75) is 39.2 Å². The largest absolute Gasteiger partial charge is 0.398 e. The second kappa shape index (κ2) is 4.62. The van der Waals surface area contributed by atoms with E-state index >= 15 is 0 Å². The van der Waals surface area contributed by atoms with Crippen molar-refractivity contribution < 1.29 is 9.59 Å². The van der Waals surface area contributed by atoms with E-state index in [0.29, 0.717) is 28.7 Å². The Labute approximate surface area is 118 Å². The zero-order valence-electron chi connectivity index (χ0n) is 11.9. The molecule has 0 bridgehead atoms. The minimum absolute atomic E-state index is 0.0201. The molecule has 1 aliphatic heterocycles. The van der Waals surface area contributed by atoms with Crippen LogP contribution >= 0.6 is 0 Å². The van der Waals surface area contributed by atoms with E-state index in [-0.39, 0.29) is 17.9 Å². The smallest absolute Gasteiger partial charge is 0.263 e. The lowest BCUT2D eigenvalue weighted by atomic mass is 9.93. The number of amides is 2. The lowest BCUT2D eigenvalue weighted by molar-refractivity contribution is 0.0544. The van der Waals surface area contributed by atoms with Crippen molar-refractivity contribution in [3.63, 3.8) is 0 Å². The Hall–Kier alpha value is -1.84. The Kier molecular flexibility index (Phi) is 3.04. The third-order valence-corrected chi connectivity index (χ3v) is 5.02. The van der Waals surface area contributed by atoms with Gasteiger partial charge >= 0.3 is 0 Å². The molecule has 1 fully saturated rings. The summed E-state index contributed by atoms with van der Waals surface area (Å²) in [6.45, 7) is 4.32. The van der Waals surface area contributed by atoms with Crippen LogP contribution in [0, 0.1) is 11.8 Å². The fourth-order valence-corrected chi connectivity index (χ4v) is 3.80. The number of carbonyl (C=O) groups is 2. The number of nitrogens with two attached hydrogens (primary N) is 1. The first-order valence-electron chi connectivity index (χ1n) is 7.32. The van der Waals surface area contributed by atoms with Gasteiger partial charge in [0.2, 0.25) is 0 Å². The van der Waals surface area contributed by atoms with Gasteiger partial charge in [0.05, 0.1) is 11.1 Å². The molecule has 1 aliphatic carbocycles. The van der Waals surface area contributed by atoms with Crippen molar-refractivity contribution in [3.8, 4) is 0 Å². The van der Waals surface area contributed by atoms with E-state index in [2.05, 4.69) is 13.8 Å². The van der Waals surface area contributed by atoms with Crippen LogP contribution in [0.3, 0.4) is 0 Å². The maximum Gasteiger partial charge on any atom is 0.263 e. The lowest BCUT2D eigenvalue weighted by Crippen LogP contribution is -2.42. The summed E-state index contributed by atoms with van der Waals surface area (Å²) in [4.78, 5) is 26.6. The molecule has 3 unspecified atom stereocenters. The molecule has 3 atom stereocenters. The molecule has 1 aromatic rings. The minimum atomic E-state index is -0.211. The summed E-state index contributed by atoms with van der Waals surface area (Å²) in [6.07, 6.45) is 3.10. The second-order valence-corrected chi connectivity index (χ2v) is 5.92. The van der Waals surface area contributed by atoms with E-state index in [4.69, 9.17) is 5.73 Å². The van der Waals surface area contributed by atoms with Gasteiger partial charge in [-0.15, -0.1) is 0 Å². The zero-order chi connectivity index (χ0) is 14.4. The SMILES string of the molecule is CCC1CCC(N2C(=O)c3cccc(N)c3C2=O)C1C. The zero-order valence-corrected chi connectivity index (χ0v) is 11.9. The Morgan fingerprint density at radius 2 is 2.00 bits per heavy atom. The number of benzene rings is 1. The molecule has 1 saturated carbocycles. The molecular weight excluding hydrogens is 252 g/mol. The first-order valence-corrected chi connectivity index (χ1v) is 7.32. The van der Waals surface area contributed by atoms with Crippen LogP contribution in [0.1, 0.15) is 53.8 Å². The van der Waals surface area contributed by atoms with Gasteiger partial charge in [0, 0.05) is 11.7 Å². The van der Waals surface area contributed by atoms with Gasteiger partial charge in [-0.2, -0.15) is 0 Å². The summed E-state index contributed by atoms with van der Waals surface area (Å²) in [5.74, 6) is 0.577. The van der Waals surface area contributed by atoms with Crippen molar-refractivity contribution in [1.29, 1.82) is 0 Å². The summed E-state index contributed by atoms with van der Waals surface area (Å²) >= 11 is 0. The number of imide groups is 1. The molecule has 2 aliphatic rings. The van der Waals surface area contributed by atoms with E-state index in [1.165, 1.54) is 4.90 Å². The van der Waals surface area contributed by atoms with Crippen LogP contribution in [0.2, 0.25) is 0 Å². The fourth-order valence-electron chi connectivity index (χ4n) is 3.80. The third kappa shape index (κ3) is 1.67. The monoisotopic (exact) mass is 272 g/mol. The van der Waals surface area contributed by atoms with Gasteiger partial charge in [-0.3, -0.25) is 14.5 Å². The van der Waals surface area contributed by atoms with E-state index in [1.54, 1.807) is 18.2 Å². The summed E-state index contributed by atoms with van der Waals surface area (Å²) in [6, 6.07) is 5.13. The Morgan fingerprint density at radius 3 is 2.60 bits per heavy atom. The number of fused-ring (bicyclic) bond motifs is 1. The quantitative estimate of drug-likeness (QED) is 0.665. The van der Waals surface area contributed by atoms with Gasteiger partial charge < -0.3 is 5.73 Å². The molecule has 106 valence electrons. The molecule has 0 saturated heterocycles. The molecule has 2 N–H and O–H groups in total. The molecule has 0 spiro atoms. The number of anilines is 1. The number of nitrogens with zero attached hydrogens (tertiary/aromatic N) is 1. The Bertz CT molecular complexity index is 582. The number of carbonyl (C=O) groups excluding carboxylic acids is 2. The van der Waals surface area contributed by atoms with Crippen molar-refractivity contribution in [3.05, 3.63) is 29.3 Å². The number of rotatable bonds is 2. The van der Waals surface area contributed by atoms with Crippen LogP contribution in [0.5, 0.6) is 0 Å². The molecule has 20 heavy (non-hydrogen) atoms. The van der Waals surface area contributed by atoms with E-state index < -0.39 is 0 Å². The van der Waals surface area contributed by atoms with Gasteiger partial charge in [0.25, 0.3) is 11.8 Å². The molecule has 1 heterocycles. The molecule has 0 radical (unpaired) electrons. The summed E-state index contributed by atoms with van der Waals surface area (Å²) in [5, 5.41) is 0. The van der Waals surface area contributed by atoms with Crippen molar-refractivity contribution in [2.24, 2.45) is 11.8 Å². The molecule has 4 heteroatoms. The first kappa shape index (κ1) is 13.2. The average molecular weight is 272 g/mol. The summed E-state index contributed by atoms with van der Waals surface area (Å²) in [7, 11) is 0. The molecule has 4 nitrogen and oxygen atoms in total. The Balaban J connectivity index is 1.97. The van der Waals surface area contributed by atoms with Crippen LogP contribution in [0.4, 0.5) is 5.69 Å². The summed E-state index contributed by atoms with van der Waals surface area (Å²) in [5.41, 5.74) is 7.13. The highest BCUT2D eigenvalue weighted by molar-refractivity contribution is 6.23. The third-order valence-electron chi connectivity index (χ3n) is 5.02. The fraction of sp³-hybridized carbons (Fsp3) is 0.500.